The van der Waals surface area contributed by atoms with Gasteiger partial charge in [-0.2, -0.15) is 0 Å². The lowest BCUT2D eigenvalue weighted by Crippen LogP contribution is -2.80. The predicted molar refractivity (Wildman–Crippen MR) is 187 cm³/mol. The van der Waals surface area contributed by atoms with Crippen LogP contribution in [0.2, 0.25) is 0 Å². The summed E-state index contributed by atoms with van der Waals surface area (Å²) in [6.07, 6.45) is 0.345. The number of nitrogens with one attached hydrogen (secondary N) is 3. The molecule has 1 unspecified atom stereocenters. The van der Waals surface area contributed by atoms with Crippen molar-refractivity contribution in [1.82, 2.24) is 30.7 Å². The van der Waals surface area contributed by atoms with E-state index in [4.69, 9.17) is 14.2 Å². The molecule has 3 N–H and O–H groups in total. The van der Waals surface area contributed by atoms with Crippen LogP contribution < -0.4 is 25.4 Å². The summed E-state index contributed by atoms with van der Waals surface area (Å²) >= 11 is 1.11. The topological polar surface area (TPSA) is 227 Å². The first kappa shape index (κ1) is 39.2. The van der Waals surface area contributed by atoms with Gasteiger partial charge in [0.15, 0.2) is 11.5 Å². The second-order valence-electron chi connectivity index (χ2n) is 12.9. The maximum Gasteiger partial charge on any atom is 0.355 e. The van der Waals surface area contributed by atoms with Crippen LogP contribution in [0.4, 0.5) is 4.79 Å². The Balaban J connectivity index is 1.58. The number of carbonyl (C=O) groups excluding carboxylic acids is 9. The number of fused-ring (bicyclic) bond motifs is 1. The highest BCUT2D eigenvalue weighted by atomic mass is 32.2. The van der Waals surface area contributed by atoms with Gasteiger partial charge in [-0.05, 0) is 44.0 Å². The van der Waals surface area contributed by atoms with E-state index in [0.29, 0.717) is 16.9 Å². The summed E-state index contributed by atoms with van der Waals surface area (Å²) in [7, 11) is 0. The molecule has 54 heavy (non-hydrogen) atoms. The zero-order valence-electron chi connectivity index (χ0n) is 29.9. The van der Waals surface area contributed by atoms with Crippen LogP contribution >= 0.6 is 11.8 Å². The summed E-state index contributed by atoms with van der Waals surface area (Å²) < 4.78 is 14.8. The van der Waals surface area contributed by atoms with E-state index < -0.39 is 75.4 Å². The normalized spacial score (nSPS) is 21.9. The van der Waals surface area contributed by atoms with Crippen molar-refractivity contribution in [1.29, 1.82) is 0 Å². The Morgan fingerprint density at radius 2 is 1.61 bits per heavy atom. The van der Waals surface area contributed by atoms with Crippen LogP contribution in [0.5, 0.6) is 11.5 Å². The van der Waals surface area contributed by atoms with Gasteiger partial charge < -0.3 is 35.1 Å². The summed E-state index contributed by atoms with van der Waals surface area (Å²) in [5, 5.41) is 6.71. The van der Waals surface area contributed by atoms with E-state index in [-0.39, 0.29) is 43.3 Å². The number of imide groups is 1. The average Bonchev–Trinajstić information content (AvgIpc) is 3.33. The Bertz CT molecular complexity index is 1910. The molecular weight excluding hydrogens is 728 g/mol. The first-order valence-corrected chi connectivity index (χ1v) is 17.6. The molecule has 5 rings (SSSR count). The fraction of sp³-hybridized carbons (Fsp3) is 0.400. The van der Waals surface area contributed by atoms with Gasteiger partial charge in [-0.1, -0.05) is 36.4 Å². The summed E-state index contributed by atoms with van der Waals surface area (Å²) in [4.78, 5) is 120. The molecule has 3 heterocycles. The van der Waals surface area contributed by atoms with E-state index in [1.54, 1.807) is 51.1 Å². The second-order valence-corrected chi connectivity index (χ2v) is 14.6. The Morgan fingerprint density at radius 3 is 2.24 bits per heavy atom. The highest BCUT2D eigenvalue weighted by Crippen LogP contribution is 2.56. The third kappa shape index (κ3) is 7.30. The molecule has 4 atom stereocenters. The van der Waals surface area contributed by atoms with Crippen LogP contribution in [0.25, 0.3) is 0 Å². The molecule has 0 aromatic heterocycles. The number of β-lactam (4-membered cyclic amide) rings is 1. The van der Waals surface area contributed by atoms with Gasteiger partial charge in [0.1, 0.15) is 24.1 Å². The lowest BCUT2D eigenvalue weighted by Gasteiger charge is -2.50. The minimum atomic E-state index is -2.25. The molecule has 2 aromatic carbocycles. The zero-order valence-corrected chi connectivity index (χ0v) is 30.7. The number of benzene rings is 2. The summed E-state index contributed by atoms with van der Waals surface area (Å²) in [6.45, 7) is 6.80. The van der Waals surface area contributed by atoms with Crippen LogP contribution in [0.15, 0.2) is 48.5 Å². The van der Waals surface area contributed by atoms with Crippen molar-refractivity contribution in [2.24, 2.45) is 0 Å². The summed E-state index contributed by atoms with van der Waals surface area (Å²) in [6, 6.07) is 8.20. The third-order valence-corrected chi connectivity index (χ3v) is 10.6. The average molecular weight is 767 g/mol. The Morgan fingerprint density at radius 1 is 0.944 bits per heavy atom. The van der Waals surface area contributed by atoms with Gasteiger partial charge in [-0.3, -0.25) is 43.4 Å². The number of rotatable bonds is 12. The van der Waals surface area contributed by atoms with Gasteiger partial charge in [0.25, 0.3) is 5.91 Å². The van der Waals surface area contributed by atoms with E-state index >= 15 is 0 Å². The van der Waals surface area contributed by atoms with Crippen molar-refractivity contribution in [3.05, 3.63) is 59.7 Å². The molecule has 18 nitrogen and oxygen atoms in total. The van der Waals surface area contributed by atoms with E-state index in [1.165, 1.54) is 17.0 Å². The standard InChI is InChI=1S/C35H38N6O12S/c1-6-39-14-15-40(30(48)29(39)47)33(50)37-25(22-12-13-23(52-19(2)43)24(16-22)53-20(3)44)27(45)38-35(32(49)51-17-21-10-8-7-9-11-21)34(4,5)54-31-26(36-18-42)28(46)41(31)35/h7-13,16,18,25-26,31H,6,14-15,17H2,1-5H3,(H,36,42)(H,37,50)(H,38,45)/t25?,26-,31-,35+/m1/s1. The fourth-order valence-corrected chi connectivity index (χ4v) is 8.08. The number of hydrogen-bond acceptors (Lipinski definition) is 13. The number of carbonyl (C=O) groups is 9. The van der Waals surface area contributed by atoms with E-state index in [9.17, 15) is 43.2 Å². The first-order valence-electron chi connectivity index (χ1n) is 16.7. The van der Waals surface area contributed by atoms with Crippen LogP contribution in [-0.4, -0.2) is 110 Å². The minimum Gasteiger partial charge on any atom is -0.458 e. The lowest BCUT2D eigenvalue weighted by molar-refractivity contribution is -0.181. The second kappa shape index (κ2) is 15.6. The van der Waals surface area contributed by atoms with Gasteiger partial charge in [-0.25, -0.2) is 9.59 Å². The summed E-state index contributed by atoms with van der Waals surface area (Å²) in [5.41, 5.74) is -1.74. The van der Waals surface area contributed by atoms with Crippen molar-refractivity contribution in [2.75, 3.05) is 19.6 Å². The molecule has 3 aliphatic heterocycles. The molecule has 0 bridgehead atoms. The van der Waals surface area contributed by atoms with Gasteiger partial charge in [-0.15, -0.1) is 11.8 Å². The number of hydrogen-bond donors (Lipinski definition) is 3. The number of nitrogens with zero attached hydrogens (tertiary/aromatic N) is 3. The molecular formula is C35H38N6O12S. The molecule has 19 heteroatoms. The van der Waals surface area contributed by atoms with Crippen molar-refractivity contribution in [3.63, 3.8) is 0 Å². The maximum absolute atomic E-state index is 14.7. The zero-order chi connectivity index (χ0) is 39.5. The van der Waals surface area contributed by atoms with Crippen LogP contribution in [-0.2, 0) is 49.7 Å². The van der Waals surface area contributed by atoms with Crippen molar-refractivity contribution >= 4 is 65.7 Å². The Kier molecular flexibility index (Phi) is 11.3. The number of amides is 7. The minimum absolute atomic E-state index is 0.0231. The van der Waals surface area contributed by atoms with E-state index in [1.807, 2.05) is 0 Å². The SMILES string of the molecule is CCN1CCN(C(=O)NC(C(=O)N[C@@]2(C(=O)OCc3ccccc3)N3C(=O)[C@@H](NC=O)[C@H]3SC2(C)C)c2ccc(OC(C)=O)c(OC(C)=O)c2)C(=O)C1=O. The Labute approximate surface area is 313 Å². The number of likely N-dealkylation sites (N-methyl/N-ethyl adjacent to an activating group) is 1. The molecule has 3 aliphatic rings. The highest BCUT2D eigenvalue weighted by Gasteiger charge is 2.74. The van der Waals surface area contributed by atoms with E-state index in [2.05, 4.69) is 16.0 Å². The fourth-order valence-electron chi connectivity index (χ4n) is 6.38. The van der Waals surface area contributed by atoms with Gasteiger partial charge in [0, 0.05) is 33.5 Å². The van der Waals surface area contributed by atoms with Crippen molar-refractivity contribution in [3.8, 4) is 11.5 Å². The van der Waals surface area contributed by atoms with Gasteiger partial charge in [0.05, 0.1) is 4.75 Å². The Hall–Kier alpha value is -5.98. The molecule has 0 spiro atoms. The number of esters is 3. The quantitative estimate of drug-likeness (QED) is 0.0872. The van der Waals surface area contributed by atoms with Gasteiger partial charge >= 0.3 is 35.8 Å². The number of ether oxygens (including phenoxy) is 3. The molecule has 286 valence electrons. The maximum atomic E-state index is 14.7. The first-order chi connectivity index (χ1) is 25.6. The summed E-state index contributed by atoms with van der Waals surface area (Å²) in [5.74, 6) is -7.05. The molecule has 0 radical (unpaired) electrons. The van der Waals surface area contributed by atoms with E-state index in [0.717, 1.165) is 36.6 Å². The number of urea groups is 1. The number of thioether (sulfide) groups is 1. The lowest BCUT2D eigenvalue weighted by atomic mass is 9.87. The molecule has 2 aromatic rings. The molecule has 3 saturated heterocycles. The van der Waals surface area contributed by atoms with Crippen molar-refractivity contribution < 1.29 is 57.4 Å². The molecule has 0 saturated carbocycles. The highest BCUT2D eigenvalue weighted by molar-refractivity contribution is 8.01. The van der Waals surface area contributed by atoms with Crippen molar-refractivity contribution in [2.45, 2.75) is 69.1 Å². The molecule has 0 aliphatic carbocycles. The predicted octanol–water partition coefficient (Wildman–Crippen LogP) is 0.343. The van der Waals surface area contributed by atoms with Gasteiger partial charge in [0.2, 0.25) is 18.0 Å². The van der Waals surface area contributed by atoms with Crippen LogP contribution in [0.3, 0.4) is 0 Å². The molecule has 7 amide bonds. The monoisotopic (exact) mass is 766 g/mol. The smallest absolute Gasteiger partial charge is 0.355 e. The third-order valence-electron chi connectivity index (χ3n) is 9.03. The number of piperazine rings is 1. The molecule has 3 fully saturated rings. The largest absolute Gasteiger partial charge is 0.458 e. The van der Waals surface area contributed by atoms with Crippen LogP contribution in [0, 0.1) is 0 Å². The van der Waals surface area contributed by atoms with Crippen LogP contribution in [0.1, 0.15) is 51.8 Å².